The van der Waals surface area contributed by atoms with Crippen molar-refractivity contribution in [2.75, 3.05) is 52.4 Å². The van der Waals surface area contributed by atoms with Crippen LogP contribution in [0.1, 0.15) is 24.2 Å². The second-order valence-electron chi connectivity index (χ2n) is 7.12. The molecule has 0 fully saturated rings. The zero-order chi connectivity index (χ0) is 22.4. The number of methoxy groups -OCH3 is 1. The number of nitrogens with zero attached hydrogens (tertiary/aromatic N) is 3. The average molecular weight is 444 g/mol. The van der Waals surface area contributed by atoms with Crippen LogP contribution < -0.4 is 19.1 Å². The van der Waals surface area contributed by atoms with Crippen LogP contribution in [0.25, 0.3) is 10.2 Å². The lowest BCUT2D eigenvalue weighted by atomic mass is 10.1. The molecule has 0 saturated carbocycles. The molecule has 0 atom stereocenters. The summed E-state index contributed by atoms with van der Waals surface area (Å²) < 4.78 is 17.6. The van der Waals surface area contributed by atoms with Gasteiger partial charge in [-0.05, 0) is 64.3 Å². The van der Waals surface area contributed by atoms with E-state index in [4.69, 9.17) is 19.2 Å². The topological polar surface area (TPSA) is 64.1 Å². The second-order valence-corrected chi connectivity index (χ2v) is 8.13. The van der Waals surface area contributed by atoms with Gasteiger partial charge < -0.3 is 19.1 Å². The molecule has 2 aromatic carbocycles. The van der Waals surface area contributed by atoms with Gasteiger partial charge in [-0.25, -0.2) is 4.98 Å². The fourth-order valence-electron chi connectivity index (χ4n) is 3.06. The number of amides is 1. The van der Waals surface area contributed by atoms with Gasteiger partial charge in [0.25, 0.3) is 5.91 Å². The smallest absolute Gasteiger partial charge is 0.260 e. The first-order chi connectivity index (χ1) is 15.0. The Bertz CT molecular complexity index is 1030. The van der Waals surface area contributed by atoms with Crippen LogP contribution in [-0.4, -0.2) is 63.3 Å². The molecule has 0 spiro atoms. The van der Waals surface area contributed by atoms with Gasteiger partial charge in [0, 0.05) is 18.7 Å². The summed E-state index contributed by atoms with van der Waals surface area (Å²) in [6.07, 6.45) is 0. The van der Waals surface area contributed by atoms with Crippen molar-refractivity contribution in [2.24, 2.45) is 0 Å². The maximum atomic E-state index is 13.5. The number of hydrogen-bond donors (Lipinski definition) is 0. The third-order valence-electron chi connectivity index (χ3n) is 4.62. The maximum absolute atomic E-state index is 13.5. The predicted octanol–water partition coefficient (Wildman–Crippen LogP) is 4.31. The third-order valence-corrected chi connectivity index (χ3v) is 5.66. The number of rotatable bonds is 10. The zero-order valence-corrected chi connectivity index (χ0v) is 19.5. The predicted molar refractivity (Wildman–Crippen MR) is 125 cm³/mol. The van der Waals surface area contributed by atoms with Crippen LogP contribution >= 0.6 is 11.3 Å². The van der Waals surface area contributed by atoms with Crippen LogP contribution in [-0.2, 0) is 0 Å². The van der Waals surface area contributed by atoms with Crippen LogP contribution in [0.3, 0.4) is 0 Å². The summed E-state index contributed by atoms with van der Waals surface area (Å²) in [6.45, 7) is 6.06. The summed E-state index contributed by atoms with van der Waals surface area (Å²) in [7, 11) is 5.60. The highest BCUT2D eigenvalue weighted by Crippen LogP contribution is 2.33. The van der Waals surface area contributed by atoms with Crippen molar-refractivity contribution in [1.29, 1.82) is 0 Å². The van der Waals surface area contributed by atoms with E-state index in [2.05, 4.69) is 0 Å². The van der Waals surface area contributed by atoms with Crippen molar-refractivity contribution >= 4 is 32.6 Å². The van der Waals surface area contributed by atoms with E-state index in [1.165, 1.54) is 11.3 Å². The van der Waals surface area contributed by atoms with Crippen LogP contribution in [0.4, 0.5) is 5.13 Å². The van der Waals surface area contributed by atoms with Gasteiger partial charge >= 0.3 is 0 Å². The minimum Gasteiger partial charge on any atom is -0.497 e. The molecule has 3 rings (SSSR count). The quantitative estimate of drug-likeness (QED) is 0.465. The van der Waals surface area contributed by atoms with Gasteiger partial charge in [-0.2, -0.15) is 0 Å². The maximum Gasteiger partial charge on any atom is 0.260 e. The van der Waals surface area contributed by atoms with Gasteiger partial charge in [0.05, 0.1) is 30.5 Å². The van der Waals surface area contributed by atoms with Gasteiger partial charge in [0.2, 0.25) is 0 Å². The number of benzene rings is 2. The Morgan fingerprint density at radius 3 is 2.42 bits per heavy atom. The molecule has 7 nitrogen and oxygen atoms in total. The Hall–Kier alpha value is -2.84. The molecule has 31 heavy (non-hydrogen) atoms. The van der Waals surface area contributed by atoms with Crippen molar-refractivity contribution in [1.82, 2.24) is 9.88 Å². The van der Waals surface area contributed by atoms with Crippen molar-refractivity contribution < 1.29 is 19.0 Å². The fraction of sp³-hybridized carbons (Fsp3) is 0.391. The van der Waals surface area contributed by atoms with E-state index in [1.54, 1.807) is 30.2 Å². The van der Waals surface area contributed by atoms with E-state index >= 15 is 0 Å². The van der Waals surface area contributed by atoms with Crippen molar-refractivity contribution in [3.05, 3.63) is 42.0 Å². The van der Waals surface area contributed by atoms with E-state index in [1.807, 2.05) is 51.0 Å². The molecule has 0 aliphatic carbocycles. The lowest BCUT2D eigenvalue weighted by Gasteiger charge is -2.22. The Labute approximate surface area is 187 Å². The second kappa shape index (κ2) is 10.5. The minimum absolute atomic E-state index is 0.128. The van der Waals surface area contributed by atoms with Crippen LogP contribution in [0.5, 0.6) is 17.2 Å². The van der Waals surface area contributed by atoms with Crippen LogP contribution in [0.2, 0.25) is 0 Å². The number of fused-ring (bicyclic) bond motifs is 1. The molecule has 166 valence electrons. The first-order valence-electron chi connectivity index (χ1n) is 10.3. The summed E-state index contributed by atoms with van der Waals surface area (Å²) in [5.74, 6) is 1.84. The number of aromatic nitrogens is 1. The lowest BCUT2D eigenvalue weighted by Crippen LogP contribution is -2.36. The van der Waals surface area contributed by atoms with E-state index in [-0.39, 0.29) is 5.91 Å². The van der Waals surface area contributed by atoms with Gasteiger partial charge in [-0.15, -0.1) is 0 Å². The van der Waals surface area contributed by atoms with Crippen LogP contribution in [0, 0.1) is 0 Å². The molecule has 8 heteroatoms. The Balaban J connectivity index is 1.98. The van der Waals surface area contributed by atoms with Crippen molar-refractivity contribution in [2.45, 2.75) is 13.8 Å². The first-order valence-corrected chi connectivity index (χ1v) is 11.1. The summed E-state index contributed by atoms with van der Waals surface area (Å²) >= 11 is 1.47. The number of carbonyl (C=O) groups is 1. The average Bonchev–Trinajstić information content (AvgIpc) is 3.17. The van der Waals surface area contributed by atoms with Gasteiger partial charge in [0.1, 0.15) is 5.75 Å². The monoisotopic (exact) mass is 443 g/mol. The largest absolute Gasteiger partial charge is 0.497 e. The molecule has 0 unspecified atom stereocenters. The minimum atomic E-state index is -0.128. The Morgan fingerprint density at radius 1 is 1.00 bits per heavy atom. The third kappa shape index (κ3) is 5.45. The highest BCUT2D eigenvalue weighted by Gasteiger charge is 2.23. The molecule has 0 radical (unpaired) electrons. The standard InChI is InChI=1S/C23H29N3O4S/c1-6-29-19-11-8-16(14-20(19)30-7-2)22(27)26(13-12-25(3)4)23-24-18-10-9-17(28-5)15-21(18)31-23/h8-11,14-15H,6-7,12-13H2,1-5H3. The SMILES string of the molecule is CCOc1ccc(C(=O)N(CCN(C)C)c2nc3ccc(OC)cc3s2)cc1OCC. The highest BCUT2D eigenvalue weighted by molar-refractivity contribution is 7.22. The summed E-state index contributed by atoms with van der Waals surface area (Å²) in [4.78, 5) is 22.0. The van der Waals surface area contributed by atoms with E-state index in [0.717, 1.165) is 16.0 Å². The summed E-state index contributed by atoms with van der Waals surface area (Å²) in [5, 5.41) is 0.655. The number of anilines is 1. The van der Waals surface area contributed by atoms with Crippen molar-refractivity contribution in [3.63, 3.8) is 0 Å². The molecule has 0 aliphatic rings. The molecule has 0 aliphatic heterocycles. The number of ether oxygens (including phenoxy) is 3. The van der Waals surface area contributed by atoms with E-state index < -0.39 is 0 Å². The number of thiazole rings is 1. The molecular formula is C23H29N3O4S. The molecule has 1 heterocycles. The zero-order valence-electron chi connectivity index (χ0n) is 18.7. The van der Waals surface area contributed by atoms with Crippen LogP contribution in [0.15, 0.2) is 36.4 Å². The van der Waals surface area contributed by atoms with E-state index in [9.17, 15) is 4.79 Å². The Kier molecular flexibility index (Phi) is 7.70. The molecule has 1 aromatic heterocycles. The number of carbonyl (C=O) groups excluding carboxylic acids is 1. The fourth-order valence-corrected chi connectivity index (χ4v) is 4.08. The molecule has 1 amide bonds. The summed E-state index contributed by atoms with van der Waals surface area (Å²) in [5.41, 5.74) is 1.37. The van der Waals surface area contributed by atoms with Crippen molar-refractivity contribution in [3.8, 4) is 17.2 Å². The molecule has 3 aromatic rings. The normalized spacial score (nSPS) is 11.0. The van der Waals surface area contributed by atoms with E-state index in [0.29, 0.717) is 48.5 Å². The Morgan fingerprint density at radius 2 is 1.74 bits per heavy atom. The number of hydrogen-bond acceptors (Lipinski definition) is 7. The molecule has 0 N–H and O–H groups in total. The molecule has 0 bridgehead atoms. The molecular weight excluding hydrogens is 414 g/mol. The lowest BCUT2D eigenvalue weighted by molar-refractivity contribution is 0.0984. The number of likely N-dealkylation sites (N-methyl/N-ethyl adjacent to an activating group) is 1. The van der Waals surface area contributed by atoms with Gasteiger partial charge in [-0.3, -0.25) is 9.69 Å². The highest BCUT2D eigenvalue weighted by atomic mass is 32.1. The van der Waals surface area contributed by atoms with Gasteiger partial charge in [0.15, 0.2) is 16.6 Å². The first kappa shape index (κ1) is 22.8. The molecule has 0 saturated heterocycles. The summed E-state index contributed by atoms with van der Waals surface area (Å²) in [6, 6.07) is 11.0. The van der Waals surface area contributed by atoms with Gasteiger partial charge in [-0.1, -0.05) is 11.3 Å².